The topological polar surface area (TPSA) is 182 Å². The molecule has 0 spiro atoms. The van der Waals surface area contributed by atoms with Crippen LogP contribution in [0.4, 0.5) is 13.2 Å². The standard InChI is InChI=1S/C30H30F3NO12S2/c1-15(35)41-14-24-27(42-16(2)36)29(44-18(4)38)28(43-17(3)37)26(45-24)23-11-20(21(13-34)12-25(23)47-5)10-19-6-8-22(9-7-19)46-48(39,40)30(31,32)33/h6-9,11-12,24,26-29H,10,14H2,1-5H3/t24-,26+,27-,28+,29+/m1/s1. The fourth-order valence-corrected chi connectivity index (χ4v) is 5.93. The predicted octanol–water partition coefficient (Wildman–Crippen LogP) is 3.90. The van der Waals surface area contributed by atoms with Crippen LogP contribution in [0.2, 0.25) is 0 Å². The van der Waals surface area contributed by atoms with Crippen LogP contribution in [0.15, 0.2) is 41.3 Å². The third-order valence-electron chi connectivity index (χ3n) is 6.68. The number of carbonyl (C=O) groups is 4. The van der Waals surface area contributed by atoms with E-state index in [4.69, 9.17) is 23.7 Å². The monoisotopic (exact) mass is 717 g/mol. The van der Waals surface area contributed by atoms with Crippen molar-refractivity contribution in [3.63, 3.8) is 0 Å². The highest BCUT2D eigenvalue weighted by molar-refractivity contribution is 7.98. The first-order valence-corrected chi connectivity index (χ1v) is 16.5. The van der Waals surface area contributed by atoms with Crippen LogP contribution in [-0.4, -0.2) is 75.1 Å². The van der Waals surface area contributed by atoms with Gasteiger partial charge in [-0.15, -0.1) is 11.8 Å². The van der Waals surface area contributed by atoms with Crippen molar-refractivity contribution in [3.05, 3.63) is 58.7 Å². The van der Waals surface area contributed by atoms with Crippen molar-refractivity contribution in [2.75, 3.05) is 12.9 Å². The molecule has 3 rings (SSSR count). The molecule has 1 heterocycles. The number of alkyl halides is 3. The van der Waals surface area contributed by atoms with Crippen LogP contribution in [0.1, 0.15) is 56.1 Å². The van der Waals surface area contributed by atoms with E-state index in [1.807, 2.05) is 0 Å². The molecule has 0 unspecified atom stereocenters. The maximum absolute atomic E-state index is 12.7. The van der Waals surface area contributed by atoms with Crippen molar-refractivity contribution in [3.8, 4) is 11.8 Å². The third kappa shape index (κ3) is 9.61. The molecule has 18 heteroatoms. The van der Waals surface area contributed by atoms with Gasteiger partial charge in [-0.1, -0.05) is 18.2 Å². The quantitative estimate of drug-likeness (QED) is 0.107. The summed E-state index contributed by atoms with van der Waals surface area (Å²) in [7, 11) is -5.89. The fourth-order valence-electron chi connectivity index (χ4n) is 4.83. The molecule has 2 aromatic carbocycles. The Hall–Kier alpha value is -4.34. The normalized spacial score (nSPS) is 20.9. The van der Waals surface area contributed by atoms with Gasteiger partial charge in [-0.2, -0.15) is 26.9 Å². The number of ether oxygens (including phenoxy) is 5. The van der Waals surface area contributed by atoms with Crippen LogP contribution < -0.4 is 4.18 Å². The van der Waals surface area contributed by atoms with E-state index in [-0.39, 0.29) is 12.0 Å². The van der Waals surface area contributed by atoms with Gasteiger partial charge in [0.2, 0.25) is 0 Å². The van der Waals surface area contributed by atoms with Crippen LogP contribution in [0.25, 0.3) is 0 Å². The molecule has 1 fully saturated rings. The first kappa shape index (κ1) is 38.1. The minimum atomic E-state index is -5.89. The molecule has 5 atom stereocenters. The summed E-state index contributed by atoms with van der Waals surface area (Å²) >= 11 is 1.19. The van der Waals surface area contributed by atoms with Gasteiger partial charge in [0.05, 0.1) is 11.6 Å². The van der Waals surface area contributed by atoms with E-state index in [0.717, 1.165) is 39.8 Å². The Morgan fingerprint density at radius 3 is 1.96 bits per heavy atom. The molecule has 0 aliphatic carbocycles. The zero-order valence-corrected chi connectivity index (χ0v) is 27.7. The van der Waals surface area contributed by atoms with E-state index in [1.54, 1.807) is 12.3 Å². The molecule has 2 aromatic rings. The van der Waals surface area contributed by atoms with Gasteiger partial charge in [0, 0.05) is 32.6 Å². The second-order valence-corrected chi connectivity index (χ2v) is 12.7. The van der Waals surface area contributed by atoms with Crippen molar-refractivity contribution in [1.82, 2.24) is 0 Å². The van der Waals surface area contributed by atoms with Crippen molar-refractivity contribution in [2.24, 2.45) is 0 Å². The Kier molecular flexibility index (Phi) is 12.5. The predicted molar refractivity (Wildman–Crippen MR) is 159 cm³/mol. The van der Waals surface area contributed by atoms with Crippen LogP contribution in [0.5, 0.6) is 5.75 Å². The average Bonchev–Trinajstić information content (AvgIpc) is 2.97. The molecule has 1 saturated heterocycles. The minimum Gasteiger partial charge on any atom is -0.463 e. The number of thioether (sulfide) groups is 1. The van der Waals surface area contributed by atoms with Gasteiger partial charge in [0.1, 0.15) is 24.6 Å². The highest BCUT2D eigenvalue weighted by Crippen LogP contribution is 2.42. The second kappa shape index (κ2) is 15.7. The third-order valence-corrected chi connectivity index (χ3v) is 8.45. The smallest absolute Gasteiger partial charge is 0.463 e. The second-order valence-electron chi connectivity index (χ2n) is 10.3. The lowest BCUT2D eigenvalue weighted by Gasteiger charge is -2.45. The first-order valence-electron chi connectivity index (χ1n) is 13.9. The molecule has 1 aliphatic heterocycles. The van der Waals surface area contributed by atoms with Crippen molar-refractivity contribution in [2.45, 2.75) is 75.0 Å². The highest BCUT2D eigenvalue weighted by Gasteiger charge is 2.53. The largest absolute Gasteiger partial charge is 0.534 e. The summed E-state index contributed by atoms with van der Waals surface area (Å²) in [4.78, 5) is 48.8. The number of nitriles is 1. The molecule has 0 amide bonds. The number of rotatable bonds is 11. The summed E-state index contributed by atoms with van der Waals surface area (Å²) in [6.45, 7) is 3.96. The number of benzene rings is 2. The van der Waals surface area contributed by atoms with Gasteiger partial charge in [0.25, 0.3) is 0 Å². The molecular formula is C30H30F3NO12S2. The minimum absolute atomic E-state index is 0.00211. The molecule has 0 saturated carbocycles. The van der Waals surface area contributed by atoms with Crippen LogP contribution in [-0.2, 0) is 59.4 Å². The summed E-state index contributed by atoms with van der Waals surface area (Å²) in [6, 6.07) is 9.80. The molecule has 0 N–H and O–H groups in total. The van der Waals surface area contributed by atoms with E-state index in [2.05, 4.69) is 10.3 Å². The van der Waals surface area contributed by atoms with Crippen LogP contribution in [0.3, 0.4) is 0 Å². The zero-order chi connectivity index (χ0) is 36.0. The van der Waals surface area contributed by atoms with Gasteiger partial charge >= 0.3 is 39.5 Å². The highest BCUT2D eigenvalue weighted by atomic mass is 32.2. The van der Waals surface area contributed by atoms with Crippen LogP contribution in [0, 0.1) is 11.3 Å². The Morgan fingerprint density at radius 2 is 1.46 bits per heavy atom. The molecule has 0 radical (unpaired) electrons. The first-order chi connectivity index (χ1) is 22.4. The van der Waals surface area contributed by atoms with E-state index in [9.17, 15) is 46.0 Å². The summed E-state index contributed by atoms with van der Waals surface area (Å²) < 4.78 is 93.0. The van der Waals surface area contributed by atoms with Crippen molar-refractivity contribution < 1.29 is 68.6 Å². The van der Waals surface area contributed by atoms with Gasteiger partial charge in [0.15, 0.2) is 18.3 Å². The lowest BCUT2D eigenvalue weighted by Crippen LogP contribution is -2.59. The molecule has 1 aliphatic rings. The Labute approximate surface area is 277 Å². The maximum Gasteiger partial charge on any atom is 0.534 e. The average molecular weight is 718 g/mol. The summed E-state index contributed by atoms with van der Waals surface area (Å²) in [6.07, 6.45) is -5.02. The van der Waals surface area contributed by atoms with E-state index in [0.29, 0.717) is 21.6 Å². The number of hydrogen-bond donors (Lipinski definition) is 0. The van der Waals surface area contributed by atoms with Gasteiger partial charge < -0.3 is 27.9 Å². The van der Waals surface area contributed by atoms with E-state index >= 15 is 0 Å². The number of halogens is 3. The molecule has 48 heavy (non-hydrogen) atoms. The molecular weight excluding hydrogens is 687 g/mol. The Balaban J connectivity index is 2.13. The van der Waals surface area contributed by atoms with Gasteiger partial charge in [-0.3, -0.25) is 19.2 Å². The van der Waals surface area contributed by atoms with Gasteiger partial charge in [-0.25, -0.2) is 0 Å². The van der Waals surface area contributed by atoms with Crippen LogP contribution >= 0.6 is 11.8 Å². The lowest BCUT2D eigenvalue weighted by molar-refractivity contribution is -0.254. The van der Waals surface area contributed by atoms with Gasteiger partial charge in [-0.05, 0) is 47.6 Å². The zero-order valence-electron chi connectivity index (χ0n) is 26.1. The molecule has 13 nitrogen and oxygen atoms in total. The number of hydrogen-bond acceptors (Lipinski definition) is 14. The maximum atomic E-state index is 12.7. The molecule has 0 bridgehead atoms. The Bertz CT molecular complexity index is 1690. The summed E-state index contributed by atoms with van der Waals surface area (Å²) in [5.74, 6) is -3.71. The number of carbonyl (C=O) groups excluding carboxylic acids is 4. The number of esters is 4. The molecule has 0 aromatic heterocycles. The Morgan fingerprint density at radius 1 is 0.896 bits per heavy atom. The fraction of sp³-hybridized carbons (Fsp3) is 0.433. The SMILES string of the molecule is CSc1cc(C#N)c(Cc2ccc(OS(=O)(=O)C(F)(F)F)cc2)cc1[C@@H]1O[C@H](COC(C)=O)[C@@H](OC(C)=O)[C@H](OC(C)=O)[C@H]1OC(C)=O. The van der Waals surface area contributed by atoms with E-state index < -0.39 is 82.4 Å². The molecule has 260 valence electrons. The van der Waals surface area contributed by atoms with E-state index in [1.165, 1.54) is 30.0 Å². The number of nitrogens with zero attached hydrogens (tertiary/aromatic N) is 1. The van der Waals surface area contributed by atoms with Crippen molar-refractivity contribution in [1.29, 1.82) is 5.26 Å². The van der Waals surface area contributed by atoms with Crippen molar-refractivity contribution >= 4 is 45.8 Å². The summed E-state index contributed by atoms with van der Waals surface area (Å²) in [5.41, 5.74) is -4.29. The summed E-state index contributed by atoms with van der Waals surface area (Å²) in [5, 5.41) is 9.95. The lowest BCUT2D eigenvalue weighted by atomic mass is 9.88.